The molecule has 0 bridgehead atoms. The van der Waals surface area contributed by atoms with E-state index in [2.05, 4.69) is 6.92 Å². The average molecular weight is 249 g/mol. The predicted molar refractivity (Wildman–Crippen MR) is 69.1 cm³/mol. The molecule has 1 aromatic rings. The van der Waals surface area contributed by atoms with E-state index >= 15 is 0 Å². The first-order valence-electron chi connectivity index (χ1n) is 6.03. The molecule has 1 unspecified atom stereocenters. The van der Waals surface area contributed by atoms with Crippen LogP contribution in [0, 0.1) is 0 Å². The van der Waals surface area contributed by atoms with E-state index < -0.39 is 12.0 Å². The minimum Gasteiger partial charge on any atom is -0.480 e. The molecule has 0 aliphatic heterocycles. The summed E-state index contributed by atoms with van der Waals surface area (Å²) >= 11 is 0. The van der Waals surface area contributed by atoms with Crippen LogP contribution in [0.15, 0.2) is 24.3 Å². The Morgan fingerprint density at radius 2 is 1.72 bits per heavy atom. The summed E-state index contributed by atoms with van der Waals surface area (Å²) in [5.74, 6) is -1.22. The number of aliphatic carboxylic acids is 1. The van der Waals surface area contributed by atoms with E-state index in [1.165, 1.54) is 24.3 Å². The van der Waals surface area contributed by atoms with E-state index in [1.807, 2.05) is 24.3 Å². The number of carboxylic acids is 1. The summed E-state index contributed by atoms with van der Waals surface area (Å²) in [4.78, 5) is 23.8. The minimum absolute atomic E-state index is 0.232. The van der Waals surface area contributed by atoms with E-state index in [-0.39, 0.29) is 5.91 Å². The molecule has 0 aliphatic carbocycles. The molecule has 0 heterocycles. The van der Waals surface area contributed by atoms with Crippen LogP contribution in [0.1, 0.15) is 31.9 Å². The van der Waals surface area contributed by atoms with Crippen LogP contribution in [0.4, 0.5) is 0 Å². The second kappa shape index (κ2) is 6.19. The molecule has 1 aromatic carbocycles. The third kappa shape index (κ3) is 3.58. The lowest BCUT2D eigenvalue weighted by atomic mass is 10.1. The molecule has 98 valence electrons. The molecule has 0 saturated heterocycles. The van der Waals surface area contributed by atoms with Crippen molar-refractivity contribution in [3.8, 4) is 0 Å². The van der Waals surface area contributed by atoms with Crippen molar-refractivity contribution < 1.29 is 14.7 Å². The number of carbonyl (C=O) groups is 2. The van der Waals surface area contributed by atoms with Gasteiger partial charge < -0.3 is 10.0 Å². The van der Waals surface area contributed by atoms with Gasteiger partial charge in [0, 0.05) is 13.5 Å². The first-order valence-corrected chi connectivity index (χ1v) is 6.03. The van der Waals surface area contributed by atoms with Gasteiger partial charge in [-0.1, -0.05) is 31.2 Å². The van der Waals surface area contributed by atoms with Gasteiger partial charge in [0.15, 0.2) is 0 Å². The van der Waals surface area contributed by atoms with Gasteiger partial charge in [0.1, 0.15) is 6.04 Å². The van der Waals surface area contributed by atoms with Crippen molar-refractivity contribution in [3.63, 3.8) is 0 Å². The number of nitrogens with zero attached hydrogens (tertiary/aromatic N) is 1. The normalized spacial score (nSPS) is 11.9. The minimum atomic E-state index is -0.990. The van der Waals surface area contributed by atoms with Crippen molar-refractivity contribution in [1.82, 2.24) is 4.90 Å². The molecule has 0 spiro atoms. The Morgan fingerprint density at radius 1 is 1.22 bits per heavy atom. The van der Waals surface area contributed by atoms with Crippen molar-refractivity contribution in [2.24, 2.45) is 0 Å². The van der Waals surface area contributed by atoms with Crippen molar-refractivity contribution >= 4 is 11.9 Å². The zero-order chi connectivity index (χ0) is 13.7. The number of carbonyl (C=O) groups excluding carboxylic acids is 1. The molecule has 0 aliphatic rings. The molecule has 1 atom stereocenters. The van der Waals surface area contributed by atoms with Crippen molar-refractivity contribution in [2.45, 2.75) is 39.8 Å². The molecule has 1 N–H and O–H groups in total. The molecule has 0 saturated carbocycles. The number of benzene rings is 1. The van der Waals surface area contributed by atoms with E-state index in [4.69, 9.17) is 5.11 Å². The van der Waals surface area contributed by atoms with E-state index in [0.717, 1.165) is 12.0 Å². The number of hydrogen-bond donors (Lipinski definition) is 1. The summed E-state index contributed by atoms with van der Waals surface area (Å²) in [6, 6.07) is 7.05. The second-order valence-corrected chi connectivity index (χ2v) is 4.33. The Bertz CT molecular complexity index is 425. The van der Waals surface area contributed by atoms with Gasteiger partial charge in [0.05, 0.1) is 0 Å². The van der Waals surface area contributed by atoms with E-state index in [1.54, 1.807) is 0 Å². The summed E-state index contributed by atoms with van der Waals surface area (Å²) in [7, 11) is 0. The van der Waals surface area contributed by atoms with E-state index in [0.29, 0.717) is 6.54 Å². The largest absolute Gasteiger partial charge is 0.480 e. The molecule has 4 nitrogen and oxygen atoms in total. The van der Waals surface area contributed by atoms with Crippen LogP contribution in [0.5, 0.6) is 0 Å². The first kappa shape index (κ1) is 14.2. The summed E-state index contributed by atoms with van der Waals surface area (Å²) in [5, 5.41) is 8.97. The second-order valence-electron chi connectivity index (χ2n) is 4.33. The van der Waals surface area contributed by atoms with Gasteiger partial charge in [0.25, 0.3) is 0 Å². The standard InChI is InChI=1S/C14H19NO3/c1-4-12-5-7-13(8-6-12)9-15(11(3)16)10(2)14(17)18/h5-8,10H,4,9H2,1-3H3,(H,17,18). The Kier molecular flexibility index (Phi) is 4.89. The summed E-state index contributed by atoms with van der Waals surface area (Å²) in [6.45, 7) is 5.31. The molecule has 0 aromatic heterocycles. The maximum absolute atomic E-state index is 11.5. The maximum Gasteiger partial charge on any atom is 0.326 e. The fraction of sp³-hybridized carbons (Fsp3) is 0.429. The van der Waals surface area contributed by atoms with Gasteiger partial charge in [-0.2, -0.15) is 0 Å². The Morgan fingerprint density at radius 3 is 2.11 bits per heavy atom. The van der Waals surface area contributed by atoms with Crippen molar-refractivity contribution in [1.29, 1.82) is 0 Å². The van der Waals surface area contributed by atoms with Gasteiger partial charge in [-0.15, -0.1) is 0 Å². The van der Waals surface area contributed by atoms with Crippen LogP contribution in [0.2, 0.25) is 0 Å². The Balaban J connectivity index is 2.83. The predicted octanol–water partition coefficient (Wildman–Crippen LogP) is 2.07. The van der Waals surface area contributed by atoms with Gasteiger partial charge in [0.2, 0.25) is 5.91 Å². The lowest BCUT2D eigenvalue weighted by Crippen LogP contribution is -2.41. The Hall–Kier alpha value is -1.84. The SMILES string of the molecule is CCc1ccc(CN(C(C)=O)C(C)C(=O)O)cc1. The maximum atomic E-state index is 11.5. The number of rotatable bonds is 5. The topological polar surface area (TPSA) is 57.6 Å². The first-order chi connectivity index (χ1) is 8.45. The fourth-order valence-corrected chi connectivity index (χ4v) is 1.73. The number of carboxylic acid groups (broad SMARTS) is 1. The quantitative estimate of drug-likeness (QED) is 0.869. The van der Waals surface area contributed by atoms with Crippen LogP contribution in [0.3, 0.4) is 0 Å². The number of hydrogen-bond acceptors (Lipinski definition) is 2. The van der Waals surface area contributed by atoms with Crippen LogP contribution in [-0.4, -0.2) is 27.9 Å². The lowest BCUT2D eigenvalue weighted by molar-refractivity contribution is -0.149. The van der Waals surface area contributed by atoms with Crippen LogP contribution in [-0.2, 0) is 22.6 Å². The molecule has 18 heavy (non-hydrogen) atoms. The molecule has 0 radical (unpaired) electrons. The molecular weight excluding hydrogens is 230 g/mol. The zero-order valence-corrected chi connectivity index (χ0v) is 11.0. The smallest absolute Gasteiger partial charge is 0.326 e. The lowest BCUT2D eigenvalue weighted by Gasteiger charge is -2.25. The molecule has 1 amide bonds. The molecule has 1 rings (SSSR count). The van der Waals surface area contributed by atoms with E-state index in [9.17, 15) is 9.59 Å². The zero-order valence-electron chi connectivity index (χ0n) is 11.0. The summed E-state index contributed by atoms with van der Waals surface area (Å²) < 4.78 is 0. The molecular formula is C14H19NO3. The van der Waals surface area contributed by atoms with Gasteiger partial charge in [-0.25, -0.2) is 4.79 Å². The average Bonchev–Trinajstić information content (AvgIpc) is 2.35. The highest BCUT2D eigenvalue weighted by Crippen LogP contribution is 2.11. The number of aryl methyl sites for hydroxylation is 1. The molecule has 0 fully saturated rings. The van der Waals surface area contributed by atoms with Gasteiger partial charge >= 0.3 is 5.97 Å². The summed E-state index contributed by atoms with van der Waals surface area (Å²) in [5.41, 5.74) is 2.16. The highest BCUT2D eigenvalue weighted by Gasteiger charge is 2.22. The number of amides is 1. The van der Waals surface area contributed by atoms with Gasteiger partial charge in [-0.05, 0) is 24.5 Å². The van der Waals surface area contributed by atoms with Crippen LogP contribution in [0.25, 0.3) is 0 Å². The monoisotopic (exact) mass is 249 g/mol. The Labute approximate surface area is 107 Å². The van der Waals surface area contributed by atoms with Crippen LogP contribution >= 0.6 is 0 Å². The third-order valence-corrected chi connectivity index (χ3v) is 3.01. The highest BCUT2D eigenvalue weighted by atomic mass is 16.4. The van der Waals surface area contributed by atoms with Crippen molar-refractivity contribution in [3.05, 3.63) is 35.4 Å². The van der Waals surface area contributed by atoms with Crippen molar-refractivity contribution in [2.75, 3.05) is 0 Å². The van der Waals surface area contributed by atoms with Gasteiger partial charge in [-0.3, -0.25) is 4.79 Å². The fourth-order valence-electron chi connectivity index (χ4n) is 1.73. The molecule has 4 heteroatoms. The summed E-state index contributed by atoms with van der Waals surface area (Å²) in [6.07, 6.45) is 0.961. The van der Waals surface area contributed by atoms with Crippen LogP contribution < -0.4 is 0 Å². The third-order valence-electron chi connectivity index (χ3n) is 3.01. The highest BCUT2D eigenvalue weighted by molar-refractivity contribution is 5.81.